The van der Waals surface area contributed by atoms with Gasteiger partial charge in [-0.05, 0) is 6.07 Å². The van der Waals surface area contributed by atoms with E-state index < -0.39 is 0 Å². The molecule has 1 atom stereocenters. The van der Waals surface area contributed by atoms with Gasteiger partial charge in [0.25, 0.3) is 0 Å². The molecule has 0 aromatic carbocycles. The summed E-state index contributed by atoms with van der Waals surface area (Å²) < 4.78 is 0. The fourth-order valence-corrected chi connectivity index (χ4v) is 1.91. The number of nitrogens with two attached hydrogens (primary N) is 1. The maximum atomic E-state index is 5.83. The fourth-order valence-electron chi connectivity index (χ4n) is 1.91. The van der Waals surface area contributed by atoms with E-state index in [9.17, 15) is 0 Å². The molecular formula is C9H11N5. The maximum absolute atomic E-state index is 5.83. The number of nitrogen functional groups attached to an aromatic ring is 1. The van der Waals surface area contributed by atoms with Crippen LogP contribution in [0.2, 0.25) is 0 Å². The Morgan fingerprint density at radius 2 is 2.43 bits per heavy atom. The minimum atomic E-state index is 0.289. The van der Waals surface area contributed by atoms with E-state index in [-0.39, 0.29) is 6.04 Å². The summed E-state index contributed by atoms with van der Waals surface area (Å²) in [6.45, 7) is 1.52. The molecule has 1 aromatic heterocycles. The van der Waals surface area contributed by atoms with Gasteiger partial charge < -0.3 is 11.1 Å². The number of anilines is 1. The van der Waals surface area contributed by atoms with Gasteiger partial charge in [0.2, 0.25) is 0 Å². The van der Waals surface area contributed by atoms with Crippen molar-refractivity contribution in [3.63, 3.8) is 0 Å². The molecule has 72 valence electrons. The van der Waals surface area contributed by atoms with Gasteiger partial charge in [0.1, 0.15) is 10.7 Å². The highest BCUT2D eigenvalue weighted by atomic mass is 15.2. The Balaban J connectivity index is 2.40. The van der Waals surface area contributed by atoms with E-state index in [0.717, 1.165) is 29.6 Å². The molecule has 0 radical (unpaired) electrons. The summed E-state index contributed by atoms with van der Waals surface area (Å²) in [6.07, 6.45) is 1.72. The van der Waals surface area contributed by atoms with Gasteiger partial charge in [-0.15, -0.1) is 0 Å². The van der Waals surface area contributed by atoms with Crippen molar-refractivity contribution in [1.82, 2.24) is 15.6 Å². The Morgan fingerprint density at radius 1 is 1.50 bits per heavy atom. The Kier molecular flexibility index (Phi) is 1.49. The Labute approximate surface area is 80.7 Å². The fraction of sp³-hybridized carbons (Fsp3) is 0.333. The van der Waals surface area contributed by atoms with Gasteiger partial charge in [-0.2, -0.15) is 0 Å². The molecule has 4 N–H and O–H groups in total. The van der Waals surface area contributed by atoms with Gasteiger partial charge in [-0.3, -0.25) is 15.3 Å². The number of nitrogens with zero attached hydrogens (tertiary/aromatic N) is 2. The predicted molar refractivity (Wildman–Crippen MR) is 52.6 cm³/mol. The lowest BCUT2D eigenvalue weighted by molar-refractivity contribution is 0.669. The average Bonchev–Trinajstić information content (AvgIpc) is 2.66. The van der Waals surface area contributed by atoms with Crippen LogP contribution in [-0.2, 0) is 0 Å². The van der Waals surface area contributed by atoms with E-state index in [4.69, 9.17) is 5.73 Å². The third-order valence-electron chi connectivity index (χ3n) is 2.62. The van der Waals surface area contributed by atoms with Crippen molar-refractivity contribution in [3.05, 3.63) is 23.0 Å². The van der Waals surface area contributed by atoms with Crippen molar-refractivity contribution in [2.45, 2.75) is 6.04 Å². The molecule has 5 heteroatoms. The van der Waals surface area contributed by atoms with Gasteiger partial charge >= 0.3 is 0 Å². The average molecular weight is 189 g/mol. The first-order valence-electron chi connectivity index (χ1n) is 4.63. The van der Waals surface area contributed by atoms with Crippen molar-refractivity contribution in [3.8, 4) is 0 Å². The summed E-state index contributed by atoms with van der Waals surface area (Å²) in [5.74, 6) is 0. The molecule has 3 heterocycles. The van der Waals surface area contributed by atoms with Crippen LogP contribution in [0.5, 0.6) is 0 Å². The van der Waals surface area contributed by atoms with Gasteiger partial charge in [-0.25, -0.2) is 0 Å². The van der Waals surface area contributed by atoms with Crippen LogP contribution >= 0.6 is 0 Å². The van der Waals surface area contributed by atoms with Crippen LogP contribution in [0.15, 0.2) is 17.3 Å². The summed E-state index contributed by atoms with van der Waals surface area (Å²) in [5, 5.41) is 8.29. The van der Waals surface area contributed by atoms with Gasteiger partial charge in [-0.1, -0.05) is 0 Å². The first-order chi connectivity index (χ1) is 6.86. The molecule has 1 aromatic rings. The van der Waals surface area contributed by atoms with E-state index in [2.05, 4.69) is 20.6 Å². The number of rotatable bonds is 0. The van der Waals surface area contributed by atoms with E-state index in [0.29, 0.717) is 5.69 Å². The molecular weight excluding hydrogens is 178 g/mol. The van der Waals surface area contributed by atoms with Crippen LogP contribution < -0.4 is 27.1 Å². The van der Waals surface area contributed by atoms with Gasteiger partial charge in [0.15, 0.2) is 0 Å². The van der Waals surface area contributed by atoms with Gasteiger partial charge in [0, 0.05) is 6.20 Å². The second-order valence-electron chi connectivity index (χ2n) is 3.46. The highest BCUT2D eigenvalue weighted by Gasteiger charge is 2.23. The van der Waals surface area contributed by atoms with Crippen LogP contribution in [0.4, 0.5) is 5.69 Å². The first kappa shape index (κ1) is 7.75. The second-order valence-corrected chi connectivity index (χ2v) is 3.46. The second kappa shape index (κ2) is 2.68. The van der Waals surface area contributed by atoms with Crippen LogP contribution in [-0.4, -0.2) is 24.2 Å². The largest absolute Gasteiger partial charge is 0.397 e. The molecule has 2 aliphatic rings. The SMILES string of the molecule is Nc1ccnc2c1=NCC1NCNC=21. The third-order valence-corrected chi connectivity index (χ3v) is 2.62. The van der Waals surface area contributed by atoms with Crippen molar-refractivity contribution in [2.75, 3.05) is 18.9 Å². The van der Waals surface area contributed by atoms with E-state index in [1.165, 1.54) is 0 Å². The van der Waals surface area contributed by atoms with Crippen LogP contribution in [0.25, 0.3) is 5.70 Å². The summed E-state index contributed by atoms with van der Waals surface area (Å²) in [6, 6.07) is 2.07. The summed E-state index contributed by atoms with van der Waals surface area (Å²) in [7, 11) is 0. The topological polar surface area (TPSA) is 75.3 Å². The zero-order chi connectivity index (χ0) is 9.54. The zero-order valence-electron chi connectivity index (χ0n) is 7.62. The monoisotopic (exact) mass is 189 g/mol. The molecule has 1 fully saturated rings. The highest BCUT2D eigenvalue weighted by molar-refractivity contribution is 5.53. The predicted octanol–water partition coefficient (Wildman–Crippen LogP) is -2.08. The van der Waals surface area contributed by atoms with E-state index in [1.807, 2.05) is 0 Å². The molecule has 0 aliphatic carbocycles. The summed E-state index contributed by atoms with van der Waals surface area (Å²) in [4.78, 5) is 8.73. The van der Waals surface area contributed by atoms with Crippen molar-refractivity contribution in [1.29, 1.82) is 0 Å². The molecule has 1 saturated heterocycles. The number of hydrogen-bond donors (Lipinski definition) is 3. The van der Waals surface area contributed by atoms with Crippen LogP contribution in [0.3, 0.4) is 0 Å². The molecule has 0 amide bonds. The molecule has 3 rings (SSSR count). The Morgan fingerprint density at radius 3 is 3.36 bits per heavy atom. The Hall–Kier alpha value is -1.62. The summed E-state index contributed by atoms with van der Waals surface area (Å²) >= 11 is 0. The molecule has 0 bridgehead atoms. The lowest BCUT2D eigenvalue weighted by Crippen LogP contribution is -2.43. The minimum Gasteiger partial charge on any atom is -0.397 e. The quantitative estimate of drug-likeness (QED) is 0.438. The number of nitrogens with one attached hydrogen (secondary N) is 2. The van der Waals surface area contributed by atoms with Crippen molar-refractivity contribution >= 4 is 11.4 Å². The number of fused-ring (bicyclic) bond motifs is 2. The van der Waals surface area contributed by atoms with Crippen molar-refractivity contribution < 1.29 is 0 Å². The number of hydrogen-bond acceptors (Lipinski definition) is 5. The Bertz CT molecular complexity index is 492. The molecule has 14 heavy (non-hydrogen) atoms. The molecule has 1 unspecified atom stereocenters. The van der Waals surface area contributed by atoms with Crippen LogP contribution in [0.1, 0.15) is 0 Å². The number of aromatic nitrogens is 1. The minimum absolute atomic E-state index is 0.289. The number of pyridine rings is 1. The van der Waals surface area contributed by atoms with Gasteiger partial charge in [0.05, 0.1) is 30.6 Å². The molecule has 5 nitrogen and oxygen atoms in total. The lowest BCUT2D eigenvalue weighted by Gasteiger charge is -2.12. The molecule has 0 saturated carbocycles. The lowest BCUT2D eigenvalue weighted by atomic mass is 10.1. The standard InChI is InChI=1S/C9H11N5/c10-5-1-2-11-9-7(5)12-3-6-8(9)14-4-13-6/h1-2,6,13-14H,3-4,10H2. The molecule has 2 aliphatic heterocycles. The first-order valence-corrected chi connectivity index (χ1v) is 4.63. The summed E-state index contributed by atoms with van der Waals surface area (Å²) in [5.41, 5.74) is 7.66. The zero-order valence-corrected chi connectivity index (χ0v) is 7.62. The van der Waals surface area contributed by atoms with Crippen LogP contribution in [0, 0.1) is 0 Å². The maximum Gasteiger partial charge on any atom is 0.111 e. The smallest absolute Gasteiger partial charge is 0.111 e. The van der Waals surface area contributed by atoms with Crippen molar-refractivity contribution in [2.24, 2.45) is 4.99 Å². The normalized spacial score (nSPS) is 23.4. The van der Waals surface area contributed by atoms with E-state index in [1.54, 1.807) is 12.3 Å². The van der Waals surface area contributed by atoms with E-state index >= 15 is 0 Å². The molecule has 0 spiro atoms. The highest BCUT2D eigenvalue weighted by Crippen LogP contribution is 2.05. The third kappa shape index (κ3) is 0.927.